The van der Waals surface area contributed by atoms with Crippen molar-refractivity contribution in [3.63, 3.8) is 0 Å². The second kappa shape index (κ2) is 4.87. The number of thioether (sulfide) groups is 1. The number of thiazole rings is 1. The van der Waals surface area contributed by atoms with Crippen molar-refractivity contribution in [2.45, 2.75) is 37.4 Å². The molecular weight excluding hydrogens is 186 g/mol. The summed E-state index contributed by atoms with van der Waals surface area (Å²) in [4.78, 5) is 4.55. The molecule has 1 nitrogen and oxygen atoms in total. The van der Waals surface area contributed by atoms with E-state index in [0.717, 1.165) is 5.75 Å². The first-order valence-corrected chi connectivity index (χ1v) is 6.22. The van der Waals surface area contributed by atoms with Crippen LogP contribution >= 0.6 is 23.1 Å². The maximum absolute atomic E-state index is 4.55. The highest BCUT2D eigenvalue weighted by molar-refractivity contribution is 8.00. The molecule has 1 unspecified atom stereocenters. The van der Waals surface area contributed by atoms with Crippen LogP contribution in [0, 0.1) is 0 Å². The van der Waals surface area contributed by atoms with E-state index >= 15 is 0 Å². The third-order valence-electron chi connectivity index (χ3n) is 1.89. The van der Waals surface area contributed by atoms with Gasteiger partial charge in [0.2, 0.25) is 0 Å². The maximum Gasteiger partial charge on any atom is 0.150 e. The molecule has 1 aromatic rings. The molecule has 0 bridgehead atoms. The molecule has 0 aromatic carbocycles. The molecule has 0 saturated heterocycles. The first kappa shape index (κ1) is 10.1. The molecule has 0 spiro atoms. The molecule has 0 aliphatic heterocycles. The lowest BCUT2D eigenvalue weighted by Gasteiger charge is -2.01. The van der Waals surface area contributed by atoms with Crippen LogP contribution in [0.2, 0.25) is 0 Å². The SMILES string of the molecule is CCSc1nc(C(C)CC)cs1. The molecule has 0 saturated carbocycles. The molecular formula is C9H15NS2. The second-order valence-corrected chi connectivity index (χ2v) is 5.15. The van der Waals surface area contributed by atoms with E-state index in [9.17, 15) is 0 Å². The molecule has 0 aliphatic carbocycles. The molecule has 0 N–H and O–H groups in total. The first-order valence-electron chi connectivity index (χ1n) is 4.36. The average Bonchev–Trinajstić information content (AvgIpc) is 2.52. The fraction of sp³-hybridized carbons (Fsp3) is 0.667. The predicted octanol–water partition coefficient (Wildman–Crippen LogP) is 3.77. The summed E-state index contributed by atoms with van der Waals surface area (Å²) in [6.07, 6.45) is 1.18. The lowest BCUT2D eigenvalue weighted by Crippen LogP contribution is -1.90. The summed E-state index contributed by atoms with van der Waals surface area (Å²) < 4.78 is 1.22. The molecule has 3 heteroatoms. The van der Waals surface area contributed by atoms with E-state index in [4.69, 9.17) is 0 Å². The van der Waals surface area contributed by atoms with Gasteiger partial charge < -0.3 is 0 Å². The Kier molecular flexibility index (Phi) is 4.09. The monoisotopic (exact) mass is 201 g/mol. The Morgan fingerprint density at radius 3 is 2.92 bits per heavy atom. The largest absolute Gasteiger partial charge is 0.234 e. The van der Waals surface area contributed by atoms with Crippen LogP contribution in [0.15, 0.2) is 9.72 Å². The molecule has 68 valence electrons. The summed E-state index contributed by atoms with van der Waals surface area (Å²) in [6.45, 7) is 6.60. The summed E-state index contributed by atoms with van der Waals surface area (Å²) in [5, 5.41) is 2.19. The third-order valence-corrected chi connectivity index (χ3v) is 3.81. The van der Waals surface area contributed by atoms with Gasteiger partial charge in [-0.15, -0.1) is 11.3 Å². The summed E-state index contributed by atoms with van der Waals surface area (Å²) >= 11 is 3.60. The van der Waals surface area contributed by atoms with Gasteiger partial charge in [-0.2, -0.15) is 0 Å². The molecule has 1 heterocycles. The van der Waals surface area contributed by atoms with Crippen molar-refractivity contribution in [1.29, 1.82) is 0 Å². The average molecular weight is 201 g/mol. The molecule has 0 amide bonds. The summed E-state index contributed by atoms with van der Waals surface area (Å²) in [6, 6.07) is 0. The van der Waals surface area contributed by atoms with Gasteiger partial charge in [0.05, 0.1) is 5.69 Å². The number of nitrogens with zero attached hydrogens (tertiary/aromatic N) is 1. The minimum Gasteiger partial charge on any atom is -0.234 e. The van der Waals surface area contributed by atoms with Crippen LogP contribution in [0.5, 0.6) is 0 Å². The number of hydrogen-bond donors (Lipinski definition) is 0. The molecule has 0 aliphatic rings. The number of hydrogen-bond acceptors (Lipinski definition) is 3. The Morgan fingerprint density at radius 1 is 1.58 bits per heavy atom. The van der Waals surface area contributed by atoms with Crippen molar-refractivity contribution in [2.24, 2.45) is 0 Å². The second-order valence-electron chi connectivity index (χ2n) is 2.78. The summed E-state index contributed by atoms with van der Waals surface area (Å²) in [7, 11) is 0. The van der Waals surface area contributed by atoms with Gasteiger partial charge in [0, 0.05) is 5.38 Å². The fourth-order valence-corrected chi connectivity index (χ4v) is 2.75. The molecule has 1 aromatic heterocycles. The standard InChI is InChI=1S/C9H15NS2/c1-4-7(3)8-6-12-9(10-8)11-5-2/h6-7H,4-5H2,1-3H3. The lowest BCUT2D eigenvalue weighted by atomic mass is 10.1. The minimum atomic E-state index is 0.618. The summed E-state index contributed by atoms with van der Waals surface area (Å²) in [5.74, 6) is 1.74. The van der Waals surface area contributed by atoms with Gasteiger partial charge in [-0.05, 0) is 18.1 Å². The van der Waals surface area contributed by atoms with E-state index in [1.54, 1.807) is 11.3 Å². The highest BCUT2D eigenvalue weighted by Gasteiger charge is 2.07. The zero-order valence-electron chi connectivity index (χ0n) is 7.83. The van der Waals surface area contributed by atoms with Crippen molar-refractivity contribution in [3.05, 3.63) is 11.1 Å². The smallest absolute Gasteiger partial charge is 0.150 e. The normalized spacial score (nSPS) is 13.2. The predicted molar refractivity (Wildman–Crippen MR) is 57.2 cm³/mol. The van der Waals surface area contributed by atoms with Crippen LogP contribution in [0.25, 0.3) is 0 Å². The van der Waals surface area contributed by atoms with Gasteiger partial charge in [0.1, 0.15) is 4.34 Å². The zero-order chi connectivity index (χ0) is 8.97. The Hall–Kier alpha value is -0.0200. The molecule has 0 radical (unpaired) electrons. The molecule has 12 heavy (non-hydrogen) atoms. The fourth-order valence-electron chi connectivity index (χ4n) is 0.894. The first-order chi connectivity index (χ1) is 5.77. The van der Waals surface area contributed by atoms with E-state index in [1.807, 2.05) is 11.8 Å². The van der Waals surface area contributed by atoms with E-state index in [0.29, 0.717) is 5.92 Å². The van der Waals surface area contributed by atoms with Crippen LogP contribution in [-0.2, 0) is 0 Å². The third kappa shape index (κ3) is 2.49. The van der Waals surface area contributed by atoms with Crippen molar-refractivity contribution >= 4 is 23.1 Å². The summed E-state index contributed by atoms with van der Waals surface area (Å²) in [5.41, 5.74) is 1.26. The highest BCUT2D eigenvalue weighted by Crippen LogP contribution is 2.26. The van der Waals surface area contributed by atoms with Gasteiger partial charge in [0.15, 0.2) is 0 Å². The van der Waals surface area contributed by atoms with Crippen LogP contribution in [0.1, 0.15) is 38.8 Å². The Bertz CT molecular complexity index is 232. The maximum atomic E-state index is 4.55. The van der Waals surface area contributed by atoms with Crippen molar-refractivity contribution in [1.82, 2.24) is 4.98 Å². The van der Waals surface area contributed by atoms with Crippen molar-refractivity contribution < 1.29 is 0 Å². The van der Waals surface area contributed by atoms with Crippen LogP contribution in [-0.4, -0.2) is 10.7 Å². The van der Waals surface area contributed by atoms with Crippen LogP contribution in [0.4, 0.5) is 0 Å². The van der Waals surface area contributed by atoms with Crippen LogP contribution in [0.3, 0.4) is 0 Å². The van der Waals surface area contributed by atoms with Gasteiger partial charge >= 0.3 is 0 Å². The van der Waals surface area contributed by atoms with Crippen molar-refractivity contribution in [2.75, 3.05) is 5.75 Å². The molecule has 1 atom stereocenters. The quantitative estimate of drug-likeness (QED) is 0.688. The van der Waals surface area contributed by atoms with Crippen molar-refractivity contribution in [3.8, 4) is 0 Å². The van der Waals surface area contributed by atoms with E-state index < -0.39 is 0 Å². The minimum absolute atomic E-state index is 0.618. The Labute approximate surface area is 82.6 Å². The van der Waals surface area contributed by atoms with E-state index in [-0.39, 0.29) is 0 Å². The lowest BCUT2D eigenvalue weighted by molar-refractivity contribution is 0.708. The number of rotatable bonds is 4. The van der Waals surface area contributed by atoms with Gasteiger partial charge in [-0.3, -0.25) is 0 Å². The Morgan fingerprint density at radius 2 is 2.33 bits per heavy atom. The zero-order valence-corrected chi connectivity index (χ0v) is 9.47. The molecule has 0 fully saturated rings. The van der Waals surface area contributed by atoms with E-state index in [2.05, 4.69) is 31.1 Å². The van der Waals surface area contributed by atoms with Gasteiger partial charge in [-0.25, -0.2) is 4.98 Å². The number of aromatic nitrogens is 1. The van der Waals surface area contributed by atoms with Gasteiger partial charge in [0.25, 0.3) is 0 Å². The van der Waals surface area contributed by atoms with Gasteiger partial charge in [-0.1, -0.05) is 32.5 Å². The topological polar surface area (TPSA) is 12.9 Å². The molecule has 1 rings (SSSR count). The Balaban J connectivity index is 2.63. The van der Waals surface area contributed by atoms with Crippen LogP contribution < -0.4 is 0 Å². The van der Waals surface area contributed by atoms with E-state index in [1.165, 1.54) is 16.5 Å². The highest BCUT2D eigenvalue weighted by atomic mass is 32.2.